The Morgan fingerprint density at radius 2 is 1.54 bits per heavy atom. The van der Waals surface area contributed by atoms with Crippen molar-refractivity contribution in [2.75, 3.05) is 27.9 Å². The molecule has 0 aromatic heterocycles. The Labute approximate surface area is 433 Å². The van der Waals surface area contributed by atoms with Crippen LogP contribution in [-0.2, 0) is 52.1 Å². The molecule has 4 aliphatic rings. The van der Waals surface area contributed by atoms with Gasteiger partial charge in [0, 0.05) is 58.5 Å². The number of amides is 1. The Balaban J connectivity index is 1.70. The topological polar surface area (TPSA) is 184 Å². The van der Waals surface area contributed by atoms with Crippen molar-refractivity contribution >= 4 is 37.5 Å². The van der Waals surface area contributed by atoms with Gasteiger partial charge in [0.05, 0.1) is 24.4 Å². The number of rotatable bonds is 8. The minimum absolute atomic E-state index is 0.0209. The lowest BCUT2D eigenvalue weighted by atomic mass is 9.78. The summed E-state index contributed by atoms with van der Waals surface area (Å²) < 4.78 is 37.0. The Morgan fingerprint density at radius 3 is 2.18 bits per heavy atom. The molecule has 0 unspecified atom stereocenters. The first kappa shape index (κ1) is 61.4. The third kappa shape index (κ3) is 15.9. The van der Waals surface area contributed by atoms with Gasteiger partial charge in [-0.15, -0.1) is 0 Å². The van der Waals surface area contributed by atoms with Crippen LogP contribution < -0.4 is 0 Å². The molecule has 2 N–H and O–H groups in total. The molecule has 408 valence electrons. The number of cyclic esters (lactones) is 1. The average Bonchev–Trinajstić information content (AvgIpc) is 3.32. The molecule has 1 amide bonds. The summed E-state index contributed by atoms with van der Waals surface area (Å²) in [6.45, 7) is 24.1. The molecule has 3 aliphatic heterocycles. The molecular weight excluding hydrogens is 935 g/mol. The Morgan fingerprint density at radius 1 is 0.847 bits per heavy atom. The molecule has 72 heavy (non-hydrogen) atoms. The van der Waals surface area contributed by atoms with E-state index in [0.717, 1.165) is 24.8 Å². The van der Waals surface area contributed by atoms with E-state index >= 15 is 0 Å². The van der Waals surface area contributed by atoms with Crippen molar-refractivity contribution < 1.29 is 62.3 Å². The van der Waals surface area contributed by atoms with Gasteiger partial charge in [-0.25, -0.2) is 4.79 Å². The van der Waals surface area contributed by atoms with Gasteiger partial charge >= 0.3 is 5.97 Å². The monoisotopic (exact) mass is 1030 g/mol. The van der Waals surface area contributed by atoms with Crippen LogP contribution >= 0.6 is 0 Å². The van der Waals surface area contributed by atoms with E-state index in [-0.39, 0.29) is 66.0 Å². The van der Waals surface area contributed by atoms with Crippen LogP contribution in [-0.4, -0.2) is 135 Å². The highest BCUT2D eigenvalue weighted by Gasteiger charge is 2.53. The second kappa shape index (κ2) is 27.1. The van der Waals surface area contributed by atoms with Crippen LogP contribution in [0.5, 0.6) is 0 Å². The number of piperidine rings is 1. The maximum atomic E-state index is 14.6. The number of aliphatic hydroxyl groups is 2. The number of allylic oxidation sites excluding steroid dienone is 6. The summed E-state index contributed by atoms with van der Waals surface area (Å²) in [5.41, 5.74) is 1.29. The third-order valence-corrected chi connectivity index (χ3v) is 21.2. The maximum absolute atomic E-state index is 14.6. The number of nitrogens with zero attached hydrogens (tertiary/aromatic N) is 1. The number of Topliss-reactive ketones (excluding diaryl/α,β-unsaturated/α-hetero) is 3. The molecule has 3 heterocycles. The van der Waals surface area contributed by atoms with Gasteiger partial charge in [0.1, 0.15) is 30.1 Å². The Kier molecular flexibility index (Phi) is 23.1. The quantitative estimate of drug-likeness (QED) is 0.102. The van der Waals surface area contributed by atoms with Crippen molar-refractivity contribution in [1.82, 2.24) is 4.90 Å². The molecule has 15 heteroatoms. The summed E-state index contributed by atoms with van der Waals surface area (Å²) in [7, 11) is 2.61. The van der Waals surface area contributed by atoms with E-state index in [9.17, 15) is 34.2 Å². The van der Waals surface area contributed by atoms with Crippen LogP contribution in [0.4, 0.5) is 0 Å². The standard InChI is InChI=1S/C57H93NO13Si/c1-35-21-17-16-18-22-36(2)47(66-11)33-43-26-24-41(7)57(65,70-43)53(62)54(63)58-28-20-19-23-44(58)55(64)69-48(34-45(59)37(3)30-40(6)51(61)52(68-13)50(60)39(5)29-35)38(4)31-42-25-27-46(49(32-42)67-12)71-72(14,15)56(8,9)10/h16-18,21-22,30,35,37-39,41-44,46-49,51-52,61,65H,19-20,23-29,31-34H2,1-15H3/b18-16+,21-17+,36-22+,40-30+/t35-,37-,38-,39-,41-,42+,43+,44+,46-,47+,48+,49-,51-,52+,57-/m1/s1. The third-order valence-electron chi connectivity index (χ3n) is 16.7. The molecule has 3 fully saturated rings. The number of carbonyl (C=O) groups is 5. The van der Waals surface area contributed by atoms with Crippen molar-refractivity contribution in [1.29, 1.82) is 0 Å². The summed E-state index contributed by atoms with van der Waals surface area (Å²) in [5.74, 6) is -7.77. The van der Waals surface area contributed by atoms with E-state index in [1.165, 1.54) is 12.0 Å². The van der Waals surface area contributed by atoms with Crippen molar-refractivity contribution in [3.63, 3.8) is 0 Å². The van der Waals surface area contributed by atoms with Crippen LogP contribution in [0.3, 0.4) is 0 Å². The number of carbonyl (C=O) groups excluding carboxylic acids is 5. The normalized spacial score (nSPS) is 38.2. The number of methoxy groups -OCH3 is 3. The lowest BCUT2D eigenvalue weighted by Crippen LogP contribution is -2.61. The summed E-state index contributed by atoms with van der Waals surface area (Å²) in [6.07, 6.45) is 12.7. The second-order valence-electron chi connectivity index (χ2n) is 23.4. The molecule has 1 saturated carbocycles. The van der Waals surface area contributed by atoms with Gasteiger partial charge in [-0.05, 0) is 125 Å². The molecule has 14 nitrogen and oxygen atoms in total. The molecular formula is C57H93NO13Si. The van der Waals surface area contributed by atoms with Crippen molar-refractivity contribution in [2.45, 2.75) is 219 Å². The van der Waals surface area contributed by atoms with Gasteiger partial charge < -0.3 is 43.2 Å². The number of ether oxygens (including phenoxy) is 5. The lowest BCUT2D eigenvalue weighted by molar-refractivity contribution is -0.265. The minimum Gasteiger partial charge on any atom is -0.460 e. The second-order valence-corrected chi connectivity index (χ2v) is 28.2. The molecule has 0 aromatic rings. The zero-order chi connectivity index (χ0) is 53.9. The zero-order valence-electron chi connectivity index (χ0n) is 46.6. The van der Waals surface area contributed by atoms with Gasteiger partial charge in [-0.1, -0.05) is 91.8 Å². The zero-order valence-corrected chi connectivity index (χ0v) is 47.6. The van der Waals surface area contributed by atoms with Crippen LogP contribution in [0.25, 0.3) is 0 Å². The van der Waals surface area contributed by atoms with Crippen LogP contribution in [0.2, 0.25) is 18.1 Å². The van der Waals surface area contributed by atoms with E-state index < -0.39 is 86.1 Å². The van der Waals surface area contributed by atoms with Gasteiger partial charge in [0.25, 0.3) is 11.7 Å². The van der Waals surface area contributed by atoms with Gasteiger partial charge in [0.2, 0.25) is 5.79 Å². The fraction of sp³-hybridized carbons (Fsp3) is 0.772. The van der Waals surface area contributed by atoms with Gasteiger partial charge in [-0.3, -0.25) is 19.2 Å². The molecule has 0 radical (unpaired) electrons. The first-order chi connectivity index (χ1) is 33.7. The Hall–Kier alpha value is -3.15. The van der Waals surface area contributed by atoms with E-state index in [4.69, 9.17) is 28.1 Å². The van der Waals surface area contributed by atoms with Crippen molar-refractivity contribution in [3.05, 3.63) is 47.6 Å². The molecule has 2 bridgehead atoms. The lowest BCUT2D eigenvalue weighted by Gasteiger charge is -2.44. The minimum atomic E-state index is -2.43. The van der Waals surface area contributed by atoms with E-state index in [2.05, 4.69) is 33.9 Å². The summed E-state index contributed by atoms with van der Waals surface area (Å²) in [6, 6.07) is -1.13. The predicted octanol–water partition coefficient (Wildman–Crippen LogP) is 9.21. The highest BCUT2D eigenvalue weighted by molar-refractivity contribution is 6.74. The first-order valence-electron chi connectivity index (χ1n) is 26.9. The summed E-state index contributed by atoms with van der Waals surface area (Å²) in [5, 5.41) is 23.6. The molecule has 1 aliphatic carbocycles. The highest BCUT2D eigenvalue weighted by Crippen LogP contribution is 2.42. The number of ketones is 3. The smallest absolute Gasteiger partial charge is 0.329 e. The van der Waals surface area contributed by atoms with Crippen molar-refractivity contribution in [3.8, 4) is 0 Å². The van der Waals surface area contributed by atoms with E-state index in [1.807, 2.05) is 58.1 Å². The Bertz CT molecular complexity index is 1970. The molecule has 2 saturated heterocycles. The SMILES string of the molecule is CO[C@H]1C[C@@H]2CC[C@@H](C)[C@@](O)(O2)C(=O)C(=O)N2CCCC[C@H]2C(=O)O[C@H]([C@H](C)C[C@@H]2CC[C@@H](O[Si](C)(C)C(C)(C)C)[C@H](OC)C2)CC(=O)[C@H](C)/C=C(\C)[C@@H](O)[C@@H](OC)C(=O)[C@H](C)C[C@H](C)/C=C/C=C/C=C/1C. The fourth-order valence-electron chi connectivity index (χ4n) is 10.8. The van der Waals surface area contributed by atoms with Crippen LogP contribution in [0.15, 0.2) is 47.6 Å². The van der Waals surface area contributed by atoms with Crippen LogP contribution in [0, 0.1) is 35.5 Å². The average molecular weight is 1030 g/mol. The van der Waals surface area contributed by atoms with Gasteiger partial charge in [-0.2, -0.15) is 0 Å². The number of fused-ring (bicyclic) bond motifs is 3. The number of aliphatic hydroxyl groups excluding tert-OH is 1. The molecule has 15 atom stereocenters. The van der Waals surface area contributed by atoms with Crippen LogP contribution in [0.1, 0.15) is 146 Å². The largest absolute Gasteiger partial charge is 0.460 e. The number of esters is 1. The first-order valence-corrected chi connectivity index (χ1v) is 29.8. The molecule has 4 rings (SSSR count). The predicted molar refractivity (Wildman–Crippen MR) is 281 cm³/mol. The fourth-order valence-corrected chi connectivity index (χ4v) is 12.2. The summed E-state index contributed by atoms with van der Waals surface area (Å²) >= 11 is 0. The molecule has 0 spiro atoms. The molecule has 0 aromatic carbocycles. The van der Waals surface area contributed by atoms with E-state index in [1.54, 1.807) is 41.1 Å². The van der Waals surface area contributed by atoms with Gasteiger partial charge in [0.15, 0.2) is 14.1 Å². The number of hydrogen-bond acceptors (Lipinski definition) is 13. The highest BCUT2D eigenvalue weighted by atomic mass is 28.4. The summed E-state index contributed by atoms with van der Waals surface area (Å²) in [4.78, 5) is 72.7. The number of hydrogen-bond donors (Lipinski definition) is 2. The van der Waals surface area contributed by atoms with E-state index in [0.29, 0.717) is 50.5 Å². The van der Waals surface area contributed by atoms with Crippen molar-refractivity contribution in [2.24, 2.45) is 35.5 Å². The maximum Gasteiger partial charge on any atom is 0.329 e.